The second-order valence-electron chi connectivity index (χ2n) is 3.21. The topological polar surface area (TPSA) is 57.0 Å². The Morgan fingerprint density at radius 1 is 1.64 bits per heavy atom. The van der Waals surface area contributed by atoms with E-state index in [-0.39, 0.29) is 6.04 Å². The third kappa shape index (κ3) is 1.56. The molecular formula is C10H13N3O. The molecule has 4 nitrogen and oxygen atoms in total. The molecule has 0 amide bonds. The molecule has 0 aliphatic heterocycles. The van der Waals surface area contributed by atoms with Crippen LogP contribution in [0.25, 0.3) is 0 Å². The van der Waals surface area contributed by atoms with E-state index in [0.717, 1.165) is 11.5 Å². The molecule has 2 aromatic heterocycles. The van der Waals surface area contributed by atoms with Gasteiger partial charge in [-0.1, -0.05) is 0 Å². The summed E-state index contributed by atoms with van der Waals surface area (Å²) in [7, 11) is 0. The maximum absolute atomic E-state index is 5.48. The summed E-state index contributed by atoms with van der Waals surface area (Å²) in [5, 5.41) is 0. The number of nitrogens with two attached hydrogens (primary N) is 1. The summed E-state index contributed by atoms with van der Waals surface area (Å²) in [5.74, 6) is 0.922. The highest BCUT2D eigenvalue weighted by atomic mass is 16.3. The second-order valence-corrected chi connectivity index (χ2v) is 3.21. The van der Waals surface area contributed by atoms with Crippen molar-refractivity contribution in [2.75, 3.05) is 0 Å². The molecule has 0 saturated carbocycles. The summed E-state index contributed by atoms with van der Waals surface area (Å²) in [4.78, 5) is 4.16. The minimum Gasteiger partial charge on any atom is -0.467 e. The molecule has 4 heteroatoms. The first kappa shape index (κ1) is 9.02. The predicted molar refractivity (Wildman–Crippen MR) is 52.6 cm³/mol. The van der Waals surface area contributed by atoms with E-state index in [2.05, 4.69) is 11.9 Å². The molecule has 0 aromatic carbocycles. The molecular weight excluding hydrogens is 178 g/mol. The van der Waals surface area contributed by atoms with Crippen LogP contribution < -0.4 is 5.73 Å². The molecule has 1 atom stereocenters. The molecule has 14 heavy (non-hydrogen) atoms. The zero-order valence-corrected chi connectivity index (χ0v) is 8.05. The molecule has 74 valence electrons. The van der Waals surface area contributed by atoms with Crippen LogP contribution >= 0.6 is 0 Å². The summed E-state index contributed by atoms with van der Waals surface area (Å²) in [6.07, 6.45) is 5.38. The average molecular weight is 191 g/mol. The van der Waals surface area contributed by atoms with Crippen molar-refractivity contribution < 1.29 is 4.42 Å². The highest BCUT2D eigenvalue weighted by Crippen LogP contribution is 2.17. The third-order valence-electron chi connectivity index (χ3n) is 2.27. The number of nitrogens with zero attached hydrogens (tertiary/aromatic N) is 2. The van der Waals surface area contributed by atoms with Crippen LogP contribution in [0.5, 0.6) is 0 Å². The van der Waals surface area contributed by atoms with Crippen LogP contribution in [0.3, 0.4) is 0 Å². The Kier molecular flexibility index (Phi) is 2.37. The van der Waals surface area contributed by atoms with Gasteiger partial charge in [-0.15, -0.1) is 0 Å². The first-order valence-electron chi connectivity index (χ1n) is 4.57. The largest absolute Gasteiger partial charge is 0.467 e. The summed E-state index contributed by atoms with van der Waals surface area (Å²) >= 11 is 0. The molecule has 0 spiro atoms. The Hall–Kier alpha value is -1.55. The fraction of sp³-hybridized carbons (Fsp3) is 0.300. The Morgan fingerprint density at radius 3 is 3.07 bits per heavy atom. The van der Waals surface area contributed by atoms with Crippen LogP contribution in [-0.4, -0.2) is 9.55 Å². The Bertz CT molecular complexity index is 391. The summed E-state index contributed by atoms with van der Waals surface area (Å²) in [6.45, 7) is 2.53. The Balaban J connectivity index is 2.23. The quantitative estimate of drug-likeness (QED) is 0.800. The first-order chi connectivity index (χ1) is 6.81. The molecule has 1 unspecified atom stereocenters. The lowest BCUT2D eigenvalue weighted by atomic mass is 10.2. The van der Waals surface area contributed by atoms with Crippen LogP contribution in [0.2, 0.25) is 0 Å². The van der Waals surface area contributed by atoms with Crippen molar-refractivity contribution >= 4 is 0 Å². The average Bonchev–Trinajstić information content (AvgIpc) is 2.88. The standard InChI is InChI=1S/C10H13N3O/c1-8(10-3-2-4-14-10)13-6-9(5-11)12-7-13/h2-4,6-8H,5,11H2,1H3. The second kappa shape index (κ2) is 3.67. The van der Waals surface area contributed by atoms with E-state index in [0.29, 0.717) is 6.54 Å². The van der Waals surface area contributed by atoms with Gasteiger partial charge in [0.05, 0.1) is 24.3 Å². The van der Waals surface area contributed by atoms with Gasteiger partial charge >= 0.3 is 0 Å². The highest BCUT2D eigenvalue weighted by Gasteiger charge is 2.10. The lowest BCUT2D eigenvalue weighted by Gasteiger charge is -2.08. The monoisotopic (exact) mass is 191 g/mol. The number of imidazole rings is 1. The van der Waals surface area contributed by atoms with Gasteiger partial charge in [0, 0.05) is 12.7 Å². The van der Waals surface area contributed by atoms with Crippen LogP contribution in [0.4, 0.5) is 0 Å². The van der Waals surface area contributed by atoms with Gasteiger partial charge in [0.1, 0.15) is 5.76 Å². The summed E-state index contributed by atoms with van der Waals surface area (Å²) in [5.41, 5.74) is 6.37. The van der Waals surface area contributed by atoms with Crippen molar-refractivity contribution in [2.24, 2.45) is 5.73 Å². The fourth-order valence-electron chi connectivity index (χ4n) is 1.37. The number of hydrogen-bond acceptors (Lipinski definition) is 3. The first-order valence-corrected chi connectivity index (χ1v) is 4.57. The summed E-state index contributed by atoms with van der Waals surface area (Å²) in [6, 6.07) is 4.00. The fourth-order valence-corrected chi connectivity index (χ4v) is 1.37. The van der Waals surface area contributed by atoms with E-state index >= 15 is 0 Å². The van der Waals surface area contributed by atoms with Gasteiger partial charge in [0.2, 0.25) is 0 Å². The number of hydrogen-bond donors (Lipinski definition) is 1. The van der Waals surface area contributed by atoms with Crippen molar-refractivity contribution in [1.82, 2.24) is 9.55 Å². The maximum Gasteiger partial charge on any atom is 0.126 e. The molecule has 2 aromatic rings. The number of rotatable bonds is 3. The van der Waals surface area contributed by atoms with E-state index in [9.17, 15) is 0 Å². The minimum absolute atomic E-state index is 0.165. The Labute approximate surface area is 82.4 Å². The van der Waals surface area contributed by atoms with E-state index in [4.69, 9.17) is 10.2 Å². The molecule has 0 saturated heterocycles. The van der Waals surface area contributed by atoms with Gasteiger partial charge in [0.15, 0.2) is 0 Å². The molecule has 0 fully saturated rings. The van der Waals surface area contributed by atoms with E-state index in [1.165, 1.54) is 0 Å². The zero-order valence-electron chi connectivity index (χ0n) is 8.05. The van der Waals surface area contributed by atoms with Crippen LogP contribution in [0.15, 0.2) is 35.3 Å². The van der Waals surface area contributed by atoms with Gasteiger partial charge in [-0.25, -0.2) is 4.98 Å². The van der Waals surface area contributed by atoms with Gasteiger partial charge in [-0.2, -0.15) is 0 Å². The molecule has 0 radical (unpaired) electrons. The van der Waals surface area contributed by atoms with Gasteiger partial charge < -0.3 is 14.7 Å². The number of aromatic nitrogens is 2. The van der Waals surface area contributed by atoms with Crippen molar-refractivity contribution in [3.8, 4) is 0 Å². The van der Waals surface area contributed by atoms with Crippen LogP contribution in [-0.2, 0) is 6.54 Å². The molecule has 2 rings (SSSR count). The van der Waals surface area contributed by atoms with E-state index in [1.807, 2.05) is 22.9 Å². The molecule has 2 heterocycles. The summed E-state index contributed by atoms with van der Waals surface area (Å²) < 4.78 is 7.30. The van der Waals surface area contributed by atoms with Crippen LogP contribution in [0, 0.1) is 0 Å². The lowest BCUT2D eigenvalue weighted by Crippen LogP contribution is -2.03. The molecule has 0 aliphatic carbocycles. The van der Waals surface area contributed by atoms with E-state index < -0.39 is 0 Å². The maximum atomic E-state index is 5.48. The van der Waals surface area contributed by atoms with Crippen molar-refractivity contribution in [2.45, 2.75) is 19.5 Å². The molecule has 2 N–H and O–H groups in total. The zero-order chi connectivity index (χ0) is 9.97. The normalized spacial score (nSPS) is 13.0. The molecule has 0 bridgehead atoms. The van der Waals surface area contributed by atoms with Gasteiger partial charge in [-0.05, 0) is 19.1 Å². The molecule has 0 aliphatic rings. The SMILES string of the molecule is CC(c1ccco1)n1cnc(CN)c1. The van der Waals surface area contributed by atoms with Crippen molar-refractivity contribution in [1.29, 1.82) is 0 Å². The lowest BCUT2D eigenvalue weighted by molar-refractivity contribution is 0.446. The minimum atomic E-state index is 0.165. The number of furan rings is 1. The third-order valence-corrected chi connectivity index (χ3v) is 2.27. The van der Waals surface area contributed by atoms with Gasteiger partial charge in [-0.3, -0.25) is 0 Å². The van der Waals surface area contributed by atoms with Crippen molar-refractivity contribution in [3.05, 3.63) is 42.4 Å². The van der Waals surface area contributed by atoms with Crippen molar-refractivity contribution in [3.63, 3.8) is 0 Å². The predicted octanol–water partition coefficient (Wildman–Crippen LogP) is 1.54. The highest BCUT2D eigenvalue weighted by molar-refractivity contribution is 5.07. The Morgan fingerprint density at radius 2 is 2.50 bits per heavy atom. The van der Waals surface area contributed by atoms with Crippen LogP contribution in [0.1, 0.15) is 24.4 Å². The van der Waals surface area contributed by atoms with Gasteiger partial charge in [0.25, 0.3) is 0 Å². The van der Waals surface area contributed by atoms with E-state index in [1.54, 1.807) is 12.6 Å². The smallest absolute Gasteiger partial charge is 0.126 e.